The number of aromatic nitrogens is 1. The number of pyridine rings is 1. The molecule has 0 aliphatic carbocycles. The highest BCUT2D eigenvalue weighted by atomic mass is 19.1. The summed E-state index contributed by atoms with van der Waals surface area (Å²) in [7, 11) is 0. The van der Waals surface area contributed by atoms with Crippen LogP contribution in [-0.4, -0.2) is 11.5 Å². The third kappa shape index (κ3) is 3.39. The molecule has 3 nitrogen and oxygen atoms in total. The quantitative estimate of drug-likeness (QED) is 0.864. The van der Waals surface area contributed by atoms with Crippen LogP contribution in [0.25, 0.3) is 0 Å². The number of hydrogen-bond acceptors (Lipinski definition) is 3. The summed E-state index contributed by atoms with van der Waals surface area (Å²) in [6, 6.07) is 7.04. The van der Waals surface area contributed by atoms with E-state index in [4.69, 9.17) is 4.42 Å². The molecule has 0 fully saturated rings. The van der Waals surface area contributed by atoms with Crippen molar-refractivity contribution in [3.8, 4) is 0 Å². The zero-order valence-electron chi connectivity index (χ0n) is 9.69. The van der Waals surface area contributed by atoms with Crippen LogP contribution >= 0.6 is 0 Å². The van der Waals surface area contributed by atoms with Gasteiger partial charge in [0.2, 0.25) is 0 Å². The van der Waals surface area contributed by atoms with Gasteiger partial charge in [0.15, 0.2) is 0 Å². The van der Waals surface area contributed by atoms with E-state index in [-0.39, 0.29) is 11.9 Å². The number of nitrogens with zero attached hydrogens (tertiary/aromatic N) is 1. The fourth-order valence-corrected chi connectivity index (χ4v) is 1.61. The van der Waals surface area contributed by atoms with Gasteiger partial charge in [-0.3, -0.25) is 4.98 Å². The zero-order chi connectivity index (χ0) is 12.1. The maximum Gasteiger partial charge on any atom is 0.141 e. The Bertz CT molecular complexity index is 439. The summed E-state index contributed by atoms with van der Waals surface area (Å²) in [5.41, 5.74) is 0.839. The zero-order valence-corrected chi connectivity index (χ0v) is 9.69. The summed E-state index contributed by atoms with van der Waals surface area (Å²) in [5.74, 6) is 0.647. The lowest BCUT2D eigenvalue weighted by atomic mass is 10.2. The SMILES string of the molecule is CC(NCCc1ccco1)c1ccc(F)cn1. The van der Waals surface area contributed by atoms with Gasteiger partial charge in [0.1, 0.15) is 11.6 Å². The molecule has 90 valence electrons. The Hall–Kier alpha value is -1.68. The van der Waals surface area contributed by atoms with E-state index >= 15 is 0 Å². The molecule has 0 aromatic carbocycles. The average molecular weight is 234 g/mol. The fraction of sp³-hybridized carbons (Fsp3) is 0.308. The van der Waals surface area contributed by atoms with Crippen molar-refractivity contribution in [1.82, 2.24) is 10.3 Å². The van der Waals surface area contributed by atoms with Crippen LogP contribution in [0, 0.1) is 5.82 Å². The summed E-state index contributed by atoms with van der Waals surface area (Å²) >= 11 is 0. The van der Waals surface area contributed by atoms with Crippen LogP contribution < -0.4 is 5.32 Å². The summed E-state index contributed by atoms with van der Waals surface area (Å²) in [4.78, 5) is 4.03. The van der Waals surface area contributed by atoms with Crippen molar-refractivity contribution in [2.24, 2.45) is 0 Å². The van der Waals surface area contributed by atoms with E-state index in [1.165, 1.54) is 12.3 Å². The van der Waals surface area contributed by atoms with Gasteiger partial charge in [-0.2, -0.15) is 0 Å². The number of rotatable bonds is 5. The van der Waals surface area contributed by atoms with Crippen LogP contribution in [0.5, 0.6) is 0 Å². The molecule has 0 saturated heterocycles. The Morgan fingerprint density at radius 3 is 2.94 bits per heavy atom. The third-order valence-corrected chi connectivity index (χ3v) is 2.60. The summed E-state index contributed by atoms with van der Waals surface area (Å²) < 4.78 is 17.9. The molecule has 2 aromatic rings. The van der Waals surface area contributed by atoms with Gasteiger partial charge in [-0.25, -0.2) is 4.39 Å². The van der Waals surface area contributed by atoms with E-state index in [0.717, 1.165) is 24.4 Å². The van der Waals surface area contributed by atoms with E-state index in [1.54, 1.807) is 12.3 Å². The second kappa shape index (κ2) is 5.59. The second-order valence-corrected chi connectivity index (χ2v) is 3.91. The molecule has 17 heavy (non-hydrogen) atoms. The van der Waals surface area contributed by atoms with Crippen LogP contribution in [-0.2, 0) is 6.42 Å². The first-order valence-electron chi connectivity index (χ1n) is 5.63. The van der Waals surface area contributed by atoms with E-state index in [0.29, 0.717) is 0 Å². The highest BCUT2D eigenvalue weighted by molar-refractivity contribution is 5.09. The highest BCUT2D eigenvalue weighted by Crippen LogP contribution is 2.09. The molecule has 0 radical (unpaired) electrons. The van der Waals surface area contributed by atoms with Crippen molar-refractivity contribution >= 4 is 0 Å². The van der Waals surface area contributed by atoms with Crippen LogP contribution in [0.4, 0.5) is 4.39 Å². The molecule has 2 heterocycles. The van der Waals surface area contributed by atoms with Gasteiger partial charge in [0.05, 0.1) is 18.2 Å². The molecule has 0 spiro atoms. The van der Waals surface area contributed by atoms with Crippen molar-refractivity contribution in [2.45, 2.75) is 19.4 Å². The lowest BCUT2D eigenvalue weighted by molar-refractivity contribution is 0.483. The van der Waals surface area contributed by atoms with Gasteiger partial charge in [0, 0.05) is 19.0 Å². The monoisotopic (exact) mass is 234 g/mol. The van der Waals surface area contributed by atoms with Crippen LogP contribution in [0.15, 0.2) is 41.1 Å². The van der Waals surface area contributed by atoms with Gasteiger partial charge >= 0.3 is 0 Å². The normalized spacial score (nSPS) is 12.6. The second-order valence-electron chi connectivity index (χ2n) is 3.91. The van der Waals surface area contributed by atoms with E-state index < -0.39 is 0 Å². The molecule has 0 saturated carbocycles. The van der Waals surface area contributed by atoms with Crippen LogP contribution in [0.1, 0.15) is 24.4 Å². The van der Waals surface area contributed by atoms with Gasteiger partial charge in [0.25, 0.3) is 0 Å². The van der Waals surface area contributed by atoms with Gasteiger partial charge in [-0.15, -0.1) is 0 Å². The minimum absolute atomic E-state index is 0.102. The molecule has 0 aliphatic rings. The first-order valence-corrected chi connectivity index (χ1v) is 5.63. The Kier molecular flexibility index (Phi) is 3.88. The van der Waals surface area contributed by atoms with Crippen LogP contribution in [0.3, 0.4) is 0 Å². The van der Waals surface area contributed by atoms with Crippen molar-refractivity contribution in [3.05, 3.63) is 54.0 Å². The van der Waals surface area contributed by atoms with Crippen molar-refractivity contribution in [1.29, 1.82) is 0 Å². The highest BCUT2D eigenvalue weighted by Gasteiger charge is 2.06. The van der Waals surface area contributed by atoms with Gasteiger partial charge < -0.3 is 9.73 Å². The molecule has 2 aromatic heterocycles. The van der Waals surface area contributed by atoms with E-state index in [2.05, 4.69) is 10.3 Å². The maximum atomic E-state index is 12.7. The third-order valence-electron chi connectivity index (χ3n) is 2.60. The summed E-state index contributed by atoms with van der Waals surface area (Å²) in [6.07, 6.45) is 3.73. The Labute approximate surface area is 99.7 Å². The molecule has 0 aliphatic heterocycles. The predicted octanol–water partition coefficient (Wildman–Crippen LogP) is 2.71. The van der Waals surface area contributed by atoms with Crippen molar-refractivity contribution in [2.75, 3.05) is 6.54 Å². The molecule has 0 bridgehead atoms. The molecule has 1 atom stereocenters. The summed E-state index contributed by atoms with van der Waals surface area (Å²) in [5, 5.41) is 3.31. The van der Waals surface area contributed by atoms with Crippen molar-refractivity contribution < 1.29 is 8.81 Å². The Balaban J connectivity index is 1.81. The van der Waals surface area contributed by atoms with Gasteiger partial charge in [-0.1, -0.05) is 0 Å². The topological polar surface area (TPSA) is 38.1 Å². The van der Waals surface area contributed by atoms with E-state index in [1.807, 2.05) is 19.1 Å². The molecular formula is C13H15FN2O. The fourth-order valence-electron chi connectivity index (χ4n) is 1.61. The molecular weight excluding hydrogens is 219 g/mol. The predicted molar refractivity (Wildman–Crippen MR) is 63.0 cm³/mol. The average Bonchev–Trinajstić information content (AvgIpc) is 2.83. The van der Waals surface area contributed by atoms with Crippen molar-refractivity contribution in [3.63, 3.8) is 0 Å². The van der Waals surface area contributed by atoms with E-state index in [9.17, 15) is 4.39 Å². The lowest BCUT2D eigenvalue weighted by Crippen LogP contribution is -2.22. The minimum atomic E-state index is -0.309. The number of furan rings is 1. The number of hydrogen-bond donors (Lipinski definition) is 1. The number of halogens is 1. The molecule has 2 rings (SSSR count). The molecule has 1 N–H and O–H groups in total. The Morgan fingerprint density at radius 1 is 1.41 bits per heavy atom. The minimum Gasteiger partial charge on any atom is -0.469 e. The smallest absolute Gasteiger partial charge is 0.141 e. The summed E-state index contributed by atoms with van der Waals surface area (Å²) in [6.45, 7) is 2.80. The maximum absolute atomic E-state index is 12.7. The Morgan fingerprint density at radius 2 is 2.29 bits per heavy atom. The first kappa shape index (κ1) is 11.8. The molecule has 1 unspecified atom stereocenters. The van der Waals surface area contributed by atoms with Crippen LogP contribution in [0.2, 0.25) is 0 Å². The van der Waals surface area contributed by atoms with Gasteiger partial charge in [-0.05, 0) is 31.2 Å². The standard InChI is InChI=1S/C13H15FN2O/c1-10(13-5-4-11(14)9-16-13)15-7-6-12-3-2-8-17-12/h2-5,8-10,15H,6-7H2,1H3. The lowest BCUT2D eigenvalue weighted by Gasteiger charge is -2.12. The first-order chi connectivity index (χ1) is 8.25. The molecule has 4 heteroatoms. The largest absolute Gasteiger partial charge is 0.469 e. The number of nitrogens with one attached hydrogen (secondary N) is 1. The molecule has 0 amide bonds.